The Morgan fingerprint density at radius 3 is 2.59 bits per heavy atom. The van der Waals surface area contributed by atoms with Crippen molar-refractivity contribution in [3.8, 4) is 0 Å². The molecule has 0 saturated carbocycles. The molecule has 94 valence electrons. The molecule has 0 N–H and O–H groups in total. The Morgan fingerprint density at radius 2 is 2.12 bits per heavy atom. The van der Waals surface area contributed by atoms with Gasteiger partial charge in [-0.15, -0.1) is 0 Å². The highest BCUT2D eigenvalue weighted by atomic mass is 32.2. The van der Waals surface area contributed by atoms with Gasteiger partial charge < -0.3 is 4.74 Å². The highest BCUT2D eigenvalue weighted by molar-refractivity contribution is 7.97. The van der Waals surface area contributed by atoms with Gasteiger partial charge in [0.2, 0.25) is 5.12 Å². The number of carbonyl (C=O) groups excluding carboxylic acids is 2. The maximum atomic E-state index is 11.9. The molecule has 0 bridgehead atoms. The zero-order chi connectivity index (χ0) is 13.0. The Balaban J connectivity index is 2.54. The molecule has 1 amide bonds. The van der Waals surface area contributed by atoms with E-state index in [0.29, 0.717) is 5.57 Å². The van der Waals surface area contributed by atoms with E-state index in [1.165, 1.54) is 14.0 Å². The fourth-order valence-electron chi connectivity index (χ4n) is 2.19. The second-order valence-corrected chi connectivity index (χ2v) is 6.50. The average molecular weight is 277 g/mol. The lowest BCUT2D eigenvalue weighted by Gasteiger charge is -2.48. The van der Waals surface area contributed by atoms with E-state index in [0.717, 1.165) is 4.90 Å². The zero-order valence-corrected chi connectivity index (χ0v) is 10.9. The molecule has 8 heteroatoms. The van der Waals surface area contributed by atoms with Crippen molar-refractivity contribution in [2.45, 2.75) is 18.4 Å². The molecule has 1 saturated heterocycles. The van der Waals surface area contributed by atoms with Crippen LogP contribution in [0.15, 0.2) is 11.3 Å². The van der Waals surface area contributed by atoms with Gasteiger partial charge in [-0.3, -0.25) is 14.5 Å². The minimum absolute atomic E-state index is 0.0615. The number of β-lactam (4-membered cyclic amide) rings is 1. The average Bonchev–Trinajstić information content (AvgIpc) is 2.18. The first kappa shape index (κ1) is 12.6. The largest absolute Gasteiger partial charge is 0.368 e. The molecule has 0 radical (unpaired) electrons. The van der Waals surface area contributed by atoms with E-state index in [1.54, 1.807) is 0 Å². The molecule has 1 fully saturated rings. The van der Waals surface area contributed by atoms with E-state index < -0.39 is 32.3 Å². The van der Waals surface area contributed by atoms with E-state index in [2.05, 4.69) is 12.6 Å². The van der Waals surface area contributed by atoms with Crippen molar-refractivity contribution < 1.29 is 22.7 Å². The zero-order valence-electron chi connectivity index (χ0n) is 9.21. The number of hydrogen-bond acceptors (Lipinski definition) is 5. The van der Waals surface area contributed by atoms with Gasteiger partial charge in [0.05, 0.1) is 11.4 Å². The lowest BCUT2D eigenvalue weighted by atomic mass is 10.1. The molecule has 2 heterocycles. The minimum Gasteiger partial charge on any atom is -0.368 e. The summed E-state index contributed by atoms with van der Waals surface area (Å²) in [5.41, 5.74) is 0.399. The van der Waals surface area contributed by atoms with Crippen molar-refractivity contribution >= 4 is 33.5 Å². The van der Waals surface area contributed by atoms with Gasteiger partial charge in [0, 0.05) is 7.11 Å². The summed E-state index contributed by atoms with van der Waals surface area (Å²) in [6, 6.07) is 0. The molecule has 6 nitrogen and oxygen atoms in total. The number of amides is 1. The summed E-state index contributed by atoms with van der Waals surface area (Å²) in [6.07, 6.45) is -1.02. The van der Waals surface area contributed by atoms with E-state index in [4.69, 9.17) is 4.74 Å². The van der Waals surface area contributed by atoms with Gasteiger partial charge in [-0.05, 0) is 12.5 Å². The maximum absolute atomic E-state index is 11.9. The first-order valence-electron chi connectivity index (χ1n) is 4.81. The lowest BCUT2D eigenvalue weighted by molar-refractivity contribution is -0.160. The molecule has 0 unspecified atom stereocenters. The van der Waals surface area contributed by atoms with Crippen molar-refractivity contribution in [2.75, 3.05) is 12.9 Å². The van der Waals surface area contributed by atoms with Crippen LogP contribution in [-0.4, -0.2) is 48.7 Å². The standard InChI is InChI=1S/C9H11NO5S2/c1-4-3-17(13,14)8-6(15-2)7(11)10(8)5(4)9(12)16/h6,8H,3H2,1-2H3,(H,12,16)/t6-,8+/m0/s1. The number of rotatable bonds is 2. The summed E-state index contributed by atoms with van der Waals surface area (Å²) in [5, 5.41) is -1.69. The second-order valence-electron chi connectivity index (χ2n) is 4.00. The molecular formula is C9H11NO5S2. The van der Waals surface area contributed by atoms with Crippen LogP contribution < -0.4 is 0 Å². The van der Waals surface area contributed by atoms with Crippen LogP contribution in [0.5, 0.6) is 0 Å². The predicted molar refractivity (Wildman–Crippen MR) is 61.9 cm³/mol. The Kier molecular flexibility index (Phi) is 2.83. The Labute approximate surface area is 104 Å². The first-order valence-corrected chi connectivity index (χ1v) is 6.98. The third-order valence-corrected chi connectivity index (χ3v) is 5.12. The number of fused-ring (bicyclic) bond motifs is 1. The normalized spacial score (nSPS) is 31.0. The van der Waals surface area contributed by atoms with E-state index in [9.17, 15) is 18.0 Å². The van der Waals surface area contributed by atoms with Crippen molar-refractivity contribution in [1.29, 1.82) is 0 Å². The van der Waals surface area contributed by atoms with Crippen molar-refractivity contribution in [3.63, 3.8) is 0 Å². The van der Waals surface area contributed by atoms with E-state index in [1.807, 2.05) is 0 Å². The molecule has 0 aromatic heterocycles. The van der Waals surface area contributed by atoms with E-state index >= 15 is 0 Å². The van der Waals surface area contributed by atoms with Gasteiger partial charge in [0.25, 0.3) is 5.91 Å². The number of thiol groups is 1. The molecule has 17 heavy (non-hydrogen) atoms. The minimum atomic E-state index is -3.50. The first-order chi connectivity index (χ1) is 7.81. The number of sulfone groups is 1. The van der Waals surface area contributed by atoms with Gasteiger partial charge in [0.15, 0.2) is 21.3 Å². The fraction of sp³-hybridized carbons (Fsp3) is 0.556. The SMILES string of the molecule is CO[C@H]1C(=O)N2C(C(=O)S)=C(C)CS(=O)(=O)[C@H]12. The van der Waals surface area contributed by atoms with Crippen LogP contribution >= 0.6 is 12.6 Å². The Morgan fingerprint density at radius 1 is 1.53 bits per heavy atom. The summed E-state index contributed by atoms with van der Waals surface area (Å²) in [5.74, 6) is -0.763. The molecule has 0 aromatic rings. The highest BCUT2D eigenvalue weighted by Crippen LogP contribution is 2.38. The molecule has 2 aliphatic heterocycles. The van der Waals surface area contributed by atoms with Crippen LogP contribution in [-0.2, 0) is 24.2 Å². The summed E-state index contributed by atoms with van der Waals surface area (Å²) in [7, 11) is -2.23. The van der Waals surface area contributed by atoms with Crippen LogP contribution in [0.4, 0.5) is 0 Å². The van der Waals surface area contributed by atoms with Crippen molar-refractivity contribution in [2.24, 2.45) is 0 Å². The van der Waals surface area contributed by atoms with Crippen LogP contribution in [0.3, 0.4) is 0 Å². The molecule has 2 rings (SSSR count). The number of ether oxygens (including phenoxy) is 1. The maximum Gasteiger partial charge on any atom is 0.260 e. The van der Waals surface area contributed by atoms with Crippen LogP contribution in [0, 0.1) is 0 Å². The molecule has 2 atom stereocenters. The van der Waals surface area contributed by atoms with Crippen LogP contribution in [0.25, 0.3) is 0 Å². The third kappa shape index (κ3) is 1.62. The van der Waals surface area contributed by atoms with Gasteiger partial charge in [-0.2, -0.15) is 0 Å². The number of hydrogen-bond donors (Lipinski definition) is 1. The summed E-state index contributed by atoms with van der Waals surface area (Å²) >= 11 is 3.66. The Bertz CT molecular complexity index is 536. The highest BCUT2D eigenvalue weighted by Gasteiger charge is 2.59. The van der Waals surface area contributed by atoms with Gasteiger partial charge in [-0.1, -0.05) is 12.6 Å². The number of methoxy groups -OCH3 is 1. The van der Waals surface area contributed by atoms with Crippen molar-refractivity contribution in [1.82, 2.24) is 4.90 Å². The molecular weight excluding hydrogens is 266 g/mol. The summed E-state index contributed by atoms with van der Waals surface area (Å²) in [4.78, 5) is 24.0. The van der Waals surface area contributed by atoms with Gasteiger partial charge >= 0.3 is 0 Å². The fourth-order valence-corrected chi connectivity index (χ4v) is 4.53. The van der Waals surface area contributed by atoms with Crippen LogP contribution in [0.1, 0.15) is 6.92 Å². The summed E-state index contributed by atoms with van der Waals surface area (Å²) < 4.78 is 28.6. The number of carbonyl (C=O) groups is 2. The number of nitrogens with zero attached hydrogens (tertiary/aromatic N) is 1. The Hall–Kier alpha value is -0.860. The third-order valence-electron chi connectivity index (χ3n) is 2.88. The summed E-state index contributed by atoms with van der Waals surface area (Å²) in [6.45, 7) is 1.50. The van der Waals surface area contributed by atoms with E-state index in [-0.39, 0.29) is 11.4 Å². The van der Waals surface area contributed by atoms with Crippen LogP contribution in [0.2, 0.25) is 0 Å². The molecule has 0 aromatic carbocycles. The molecule has 2 aliphatic rings. The second kappa shape index (κ2) is 3.82. The quantitative estimate of drug-likeness (QED) is 0.535. The lowest BCUT2D eigenvalue weighted by Crippen LogP contribution is -2.70. The monoisotopic (exact) mass is 277 g/mol. The van der Waals surface area contributed by atoms with Gasteiger partial charge in [-0.25, -0.2) is 8.42 Å². The van der Waals surface area contributed by atoms with Gasteiger partial charge in [0.1, 0.15) is 0 Å². The molecule has 0 spiro atoms. The topological polar surface area (TPSA) is 80.8 Å². The predicted octanol–water partition coefficient (Wildman–Crippen LogP) is -0.671. The van der Waals surface area contributed by atoms with Crippen molar-refractivity contribution in [3.05, 3.63) is 11.3 Å². The smallest absolute Gasteiger partial charge is 0.260 e. The molecule has 0 aliphatic carbocycles.